The molecule has 0 bridgehead atoms. The van der Waals surface area contributed by atoms with Gasteiger partial charge < -0.3 is 20.4 Å². The maximum absolute atomic E-state index is 4.92. The van der Waals surface area contributed by atoms with E-state index in [9.17, 15) is 0 Å². The lowest BCUT2D eigenvalue weighted by molar-refractivity contribution is 0.264. The van der Waals surface area contributed by atoms with Crippen LogP contribution >= 0.6 is 0 Å². The molecular formula is C44H52N10. The molecule has 0 saturated carbocycles. The molecule has 6 aromatic rings. The van der Waals surface area contributed by atoms with Crippen molar-refractivity contribution in [1.82, 2.24) is 39.5 Å². The number of pyridine rings is 4. The first kappa shape index (κ1) is 36.0. The molecule has 2 fully saturated rings. The fourth-order valence-electron chi connectivity index (χ4n) is 8.22. The molecule has 2 aliphatic rings. The van der Waals surface area contributed by atoms with Gasteiger partial charge >= 0.3 is 0 Å². The second-order valence-corrected chi connectivity index (χ2v) is 15.6. The number of hydrogen-bond donors (Lipinski definition) is 2. The molecule has 54 heavy (non-hydrogen) atoms. The fourth-order valence-corrected chi connectivity index (χ4v) is 8.22. The Bertz CT molecular complexity index is 2120. The zero-order valence-corrected chi connectivity index (χ0v) is 32.5. The minimum absolute atomic E-state index is 0.619. The number of anilines is 4. The molecule has 2 N–H and O–H groups in total. The molecule has 0 spiro atoms. The average Bonchev–Trinajstić information content (AvgIpc) is 3.84. The minimum Gasteiger partial charge on any atom is -0.338 e. The lowest BCUT2D eigenvalue weighted by atomic mass is 9.94. The lowest BCUT2D eigenvalue weighted by Crippen LogP contribution is -2.31. The zero-order chi connectivity index (χ0) is 37.3. The highest BCUT2D eigenvalue weighted by atomic mass is 15.2. The number of rotatable bonds is 11. The molecule has 2 saturated heterocycles. The summed E-state index contributed by atoms with van der Waals surface area (Å²) in [6, 6.07) is 22.7. The summed E-state index contributed by atoms with van der Waals surface area (Å²) in [6.45, 7) is 10.6. The Morgan fingerprint density at radius 1 is 0.611 bits per heavy atom. The van der Waals surface area contributed by atoms with Crippen molar-refractivity contribution < 1.29 is 0 Å². The smallest absolute Gasteiger partial charge is 0.156 e. The summed E-state index contributed by atoms with van der Waals surface area (Å²) in [6.07, 6.45) is 10.2. The minimum atomic E-state index is 0.619. The number of likely N-dealkylation sites (tertiary alicyclic amines) is 2. The molecule has 6 heterocycles. The summed E-state index contributed by atoms with van der Waals surface area (Å²) in [7, 11) is 8.70. The van der Waals surface area contributed by atoms with Gasteiger partial charge in [-0.2, -0.15) is 0 Å². The van der Waals surface area contributed by atoms with Crippen molar-refractivity contribution in [3.63, 3.8) is 0 Å². The molecule has 0 aliphatic carbocycles. The van der Waals surface area contributed by atoms with Crippen molar-refractivity contribution in [3.8, 4) is 11.1 Å². The van der Waals surface area contributed by atoms with Crippen LogP contribution in [0.15, 0.2) is 85.5 Å². The van der Waals surface area contributed by atoms with Crippen LogP contribution in [0.1, 0.15) is 35.1 Å². The molecule has 10 nitrogen and oxygen atoms in total. The predicted molar refractivity (Wildman–Crippen MR) is 222 cm³/mol. The first-order valence-electron chi connectivity index (χ1n) is 19.2. The van der Waals surface area contributed by atoms with E-state index in [1.165, 1.54) is 24.0 Å². The van der Waals surface area contributed by atoms with Gasteiger partial charge in [0.05, 0.1) is 0 Å². The second-order valence-electron chi connectivity index (χ2n) is 15.6. The van der Waals surface area contributed by atoms with E-state index in [1.807, 2.05) is 24.8 Å². The van der Waals surface area contributed by atoms with E-state index in [-0.39, 0.29) is 0 Å². The number of nitrogens with zero attached hydrogens (tertiary/aromatic N) is 8. The Morgan fingerprint density at radius 3 is 1.46 bits per heavy atom. The Kier molecular flexibility index (Phi) is 10.3. The second kappa shape index (κ2) is 15.4. The van der Waals surface area contributed by atoms with Crippen LogP contribution in [-0.2, 0) is 13.1 Å². The largest absolute Gasteiger partial charge is 0.338 e. The maximum atomic E-state index is 4.92. The van der Waals surface area contributed by atoms with Gasteiger partial charge in [-0.1, -0.05) is 24.3 Å². The molecule has 0 unspecified atom stereocenters. The van der Waals surface area contributed by atoms with Crippen molar-refractivity contribution in [3.05, 3.63) is 108 Å². The Labute approximate surface area is 319 Å². The first-order chi connectivity index (χ1) is 26.2. The van der Waals surface area contributed by atoms with Gasteiger partial charge in [0, 0.05) is 98.3 Å². The van der Waals surface area contributed by atoms with Crippen molar-refractivity contribution >= 4 is 44.8 Å². The molecule has 8 rings (SSSR count). The standard InChI is InChI=1S/C44H52N10/c1-29-37(9-7-11-39(29)49-43-41-33(13-17-45-43)21-31(23-47-41)25-53-19-15-35(27-53)51(3)4)38-10-8-12-40(30(38)2)50-44-42-34(14-18-46-44)22-32(24-48-42)26-54-20-16-36(28-54)52(5)6/h7-14,17-18,21-24,35-36H,15-16,19-20,25-28H2,1-6H3,(H,45,49)(H,46,50)/t35-,36-/m0/s1. The Morgan fingerprint density at radius 2 is 1.06 bits per heavy atom. The van der Waals surface area contributed by atoms with Gasteiger partial charge in [-0.15, -0.1) is 0 Å². The molecular weight excluding hydrogens is 669 g/mol. The van der Waals surface area contributed by atoms with Crippen LogP contribution in [-0.4, -0.2) is 106 Å². The van der Waals surface area contributed by atoms with Crippen molar-refractivity contribution in [2.45, 2.75) is 51.9 Å². The molecule has 2 aromatic carbocycles. The molecule has 0 amide bonds. The zero-order valence-electron chi connectivity index (χ0n) is 32.5. The highest BCUT2D eigenvalue weighted by Crippen LogP contribution is 2.36. The number of likely N-dealkylation sites (N-methyl/N-ethyl adjacent to an activating group) is 2. The van der Waals surface area contributed by atoms with Crippen LogP contribution in [0, 0.1) is 13.8 Å². The molecule has 10 heteroatoms. The van der Waals surface area contributed by atoms with Gasteiger partial charge in [0.1, 0.15) is 11.0 Å². The third kappa shape index (κ3) is 7.52. The molecule has 2 aliphatic heterocycles. The summed E-state index contributed by atoms with van der Waals surface area (Å²) in [5.74, 6) is 1.52. The Balaban J connectivity index is 1.00. The van der Waals surface area contributed by atoms with Gasteiger partial charge in [0.25, 0.3) is 0 Å². The number of fused-ring (bicyclic) bond motifs is 2. The predicted octanol–water partition coefficient (Wildman–Crippen LogP) is 7.62. The molecule has 2 atom stereocenters. The summed E-state index contributed by atoms with van der Waals surface area (Å²) in [4.78, 5) is 29.0. The van der Waals surface area contributed by atoms with Crippen LogP contribution in [0.2, 0.25) is 0 Å². The topological polar surface area (TPSA) is 88.6 Å². The summed E-state index contributed by atoms with van der Waals surface area (Å²) >= 11 is 0. The van der Waals surface area contributed by atoms with Gasteiger partial charge in [-0.3, -0.25) is 19.8 Å². The van der Waals surface area contributed by atoms with Gasteiger partial charge in [0.2, 0.25) is 0 Å². The highest BCUT2D eigenvalue weighted by molar-refractivity contribution is 5.92. The van der Waals surface area contributed by atoms with Crippen LogP contribution in [0.25, 0.3) is 32.9 Å². The summed E-state index contributed by atoms with van der Waals surface area (Å²) in [5.41, 5.74) is 10.8. The quantitative estimate of drug-likeness (QED) is 0.139. The van der Waals surface area contributed by atoms with Gasteiger partial charge in [-0.25, -0.2) is 9.97 Å². The van der Waals surface area contributed by atoms with Crippen LogP contribution in [0.5, 0.6) is 0 Å². The van der Waals surface area contributed by atoms with Gasteiger partial charge in [-0.05, 0) is 125 Å². The number of benzene rings is 2. The third-order valence-electron chi connectivity index (χ3n) is 11.5. The summed E-state index contributed by atoms with van der Waals surface area (Å²) in [5, 5.41) is 9.46. The third-order valence-corrected chi connectivity index (χ3v) is 11.5. The summed E-state index contributed by atoms with van der Waals surface area (Å²) < 4.78 is 0. The maximum Gasteiger partial charge on any atom is 0.156 e. The van der Waals surface area contributed by atoms with Crippen LogP contribution < -0.4 is 10.6 Å². The number of aromatic nitrogens is 4. The van der Waals surface area contributed by atoms with Crippen molar-refractivity contribution in [2.75, 3.05) is 65.0 Å². The lowest BCUT2D eigenvalue weighted by Gasteiger charge is -2.20. The van der Waals surface area contributed by atoms with Gasteiger partial charge in [0.15, 0.2) is 11.6 Å². The normalized spacial score (nSPS) is 18.1. The van der Waals surface area contributed by atoms with E-state index in [1.54, 1.807) is 0 Å². The molecule has 4 aromatic heterocycles. The van der Waals surface area contributed by atoms with Crippen LogP contribution in [0.3, 0.4) is 0 Å². The number of nitrogens with one attached hydrogen (secondary N) is 2. The van der Waals surface area contributed by atoms with Crippen molar-refractivity contribution in [2.24, 2.45) is 0 Å². The van der Waals surface area contributed by atoms with Crippen molar-refractivity contribution in [1.29, 1.82) is 0 Å². The highest BCUT2D eigenvalue weighted by Gasteiger charge is 2.25. The average molecular weight is 721 g/mol. The van der Waals surface area contributed by atoms with E-state index in [0.29, 0.717) is 12.1 Å². The van der Waals surface area contributed by atoms with E-state index in [0.717, 1.165) is 106 Å². The molecule has 0 radical (unpaired) electrons. The first-order valence-corrected chi connectivity index (χ1v) is 19.2. The van der Waals surface area contributed by atoms with Crippen LogP contribution in [0.4, 0.5) is 23.0 Å². The van der Waals surface area contributed by atoms with E-state index in [4.69, 9.17) is 19.9 Å². The monoisotopic (exact) mass is 720 g/mol. The van der Waals surface area contributed by atoms with E-state index < -0.39 is 0 Å². The fraction of sp³-hybridized carbons (Fsp3) is 0.364. The van der Waals surface area contributed by atoms with E-state index in [2.05, 4.69) is 133 Å². The SMILES string of the molecule is Cc1c(Nc2nccc3cc(CN4CC[C@H](N(C)C)C4)cnc23)cccc1-c1cccc(Nc2nccc3cc(CN4CC[C@H](N(C)C)C4)cnc23)c1C. The Hall–Kier alpha value is -5.00. The van der Waals surface area contributed by atoms with E-state index >= 15 is 0 Å². The number of hydrogen-bond acceptors (Lipinski definition) is 10. The molecule has 278 valence electrons.